The van der Waals surface area contributed by atoms with Crippen molar-refractivity contribution in [3.63, 3.8) is 0 Å². The van der Waals surface area contributed by atoms with Gasteiger partial charge in [-0.2, -0.15) is 5.26 Å². The molecule has 0 saturated carbocycles. The van der Waals surface area contributed by atoms with E-state index in [0.29, 0.717) is 23.7 Å². The highest BCUT2D eigenvalue weighted by atomic mass is 79.9. The number of halogens is 1. The van der Waals surface area contributed by atoms with Crippen LogP contribution in [0.5, 0.6) is 11.5 Å². The van der Waals surface area contributed by atoms with E-state index in [-0.39, 0.29) is 0 Å². The number of nitrogens with zero attached hydrogens (tertiary/aromatic N) is 2. The van der Waals surface area contributed by atoms with Crippen LogP contribution in [0.1, 0.15) is 24.8 Å². The van der Waals surface area contributed by atoms with E-state index in [1.165, 1.54) is 19.3 Å². The Balaban J connectivity index is 1.99. The van der Waals surface area contributed by atoms with E-state index in [4.69, 9.17) is 9.47 Å². The Morgan fingerprint density at radius 1 is 1.30 bits per heavy atom. The summed E-state index contributed by atoms with van der Waals surface area (Å²) < 4.78 is 11.9. The molecule has 0 bridgehead atoms. The summed E-state index contributed by atoms with van der Waals surface area (Å²) in [6.45, 7) is 3.76. The summed E-state index contributed by atoms with van der Waals surface area (Å²) in [5.74, 6) is 1.13. The molecule has 20 heavy (non-hydrogen) atoms. The van der Waals surface area contributed by atoms with E-state index in [0.717, 1.165) is 24.1 Å². The number of methoxy groups -OCH3 is 1. The van der Waals surface area contributed by atoms with Crippen molar-refractivity contribution in [2.75, 3.05) is 33.4 Å². The zero-order valence-corrected chi connectivity index (χ0v) is 13.3. The largest absolute Gasteiger partial charge is 0.493 e. The molecule has 2 rings (SSSR count). The van der Waals surface area contributed by atoms with E-state index >= 15 is 0 Å². The third-order valence-electron chi connectivity index (χ3n) is 3.46. The maximum atomic E-state index is 9.19. The molecule has 1 aromatic rings. The maximum absolute atomic E-state index is 9.19. The quantitative estimate of drug-likeness (QED) is 0.827. The number of piperidine rings is 1. The minimum absolute atomic E-state index is 0.495. The molecule has 0 N–H and O–H groups in total. The van der Waals surface area contributed by atoms with Gasteiger partial charge < -0.3 is 9.47 Å². The van der Waals surface area contributed by atoms with Gasteiger partial charge in [-0.25, -0.2) is 0 Å². The molecule has 1 heterocycles. The molecule has 0 spiro atoms. The number of rotatable bonds is 5. The molecule has 0 aliphatic carbocycles. The lowest BCUT2D eigenvalue weighted by Crippen LogP contribution is -2.33. The standard InChI is InChI=1S/C15H19BrN2O2/c1-19-14-10-13(16)9-12(11-17)15(14)20-8-7-18-5-3-2-4-6-18/h9-10H,2-8H2,1H3. The third kappa shape index (κ3) is 3.87. The van der Waals surface area contributed by atoms with E-state index in [1.54, 1.807) is 13.2 Å². The molecule has 0 atom stereocenters. The second kappa shape index (κ2) is 7.51. The first kappa shape index (κ1) is 15.1. The molecule has 1 aliphatic heterocycles. The van der Waals surface area contributed by atoms with Crippen LogP contribution in [-0.4, -0.2) is 38.3 Å². The van der Waals surface area contributed by atoms with Crippen LogP contribution in [-0.2, 0) is 0 Å². The highest BCUT2D eigenvalue weighted by Gasteiger charge is 2.14. The third-order valence-corrected chi connectivity index (χ3v) is 3.92. The van der Waals surface area contributed by atoms with Gasteiger partial charge in [-0.1, -0.05) is 22.4 Å². The van der Waals surface area contributed by atoms with Crippen molar-refractivity contribution >= 4 is 15.9 Å². The molecule has 1 aromatic carbocycles. The van der Waals surface area contributed by atoms with Gasteiger partial charge >= 0.3 is 0 Å². The lowest BCUT2D eigenvalue weighted by molar-refractivity contribution is 0.180. The van der Waals surface area contributed by atoms with Crippen LogP contribution in [0.2, 0.25) is 0 Å². The van der Waals surface area contributed by atoms with Gasteiger partial charge in [0.1, 0.15) is 12.7 Å². The molecule has 0 unspecified atom stereocenters. The fraction of sp³-hybridized carbons (Fsp3) is 0.533. The normalized spacial score (nSPS) is 15.7. The smallest absolute Gasteiger partial charge is 0.179 e. The maximum Gasteiger partial charge on any atom is 0.179 e. The SMILES string of the molecule is COc1cc(Br)cc(C#N)c1OCCN1CCCCC1. The molecular formula is C15H19BrN2O2. The first-order chi connectivity index (χ1) is 9.74. The van der Waals surface area contributed by atoms with E-state index in [1.807, 2.05) is 6.07 Å². The van der Waals surface area contributed by atoms with Crippen LogP contribution >= 0.6 is 15.9 Å². The van der Waals surface area contributed by atoms with Gasteiger partial charge in [0.25, 0.3) is 0 Å². The van der Waals surface area contributed by atoms with Crippen molar-refractivity contribution in [1.82, 2.24) is 4.90 Å². The molecular weight excluding hydrogens is 320 g/mol. The van der Waals surface area contributed by atoms with Crippen molar-refractivity contribution in [3.8, 4) is 17.6 Å². The van der Waals surface area contributed by atoms with E-state index < -0.39 is 0 Å². The Labute approximate surface area is 128 Å². The number of nitriles is 1. The van der Waals surface area contributed by atoms with Crippen LogP contribution in [0.4, 0.5) is 0 Å². The molecule has 0 amide bonds. The summed E-state index contributed by atoms with van der Waals surface area (Å²) in [5, 5.41) is 9.19. The van der Waals surface area contributed by atoms with Gasteiger partial charge in [0.2, 0.25) is 0 Å². The van der Waals surface area contributed by atoms with Crippen LogP contribution < -0.4 is 9.47 Å². The van der Waals surface area contributed by atoms with E-state index in [2.05, 4.69) is 26.9 Å². The predicted octanol–water partition coefficient (Wildman–Crippen LogP) is 3.19. The number of ether oxygens (including phenoxy) is 2. The van der Waals surface area contributed by atoms with Crippen molar-refractivity contribution in [2.24, 2.45) is 0 Å². The van der Waals surface area contributed by atoms with Crippen molar-refractivity contribution < 1.29 is 9.47 Å². The Morgan fingerprint density at radius 3 is 2.70 bits per heavy atom. The minimum atomic E-state index is 0.495. The van der Waals surface area contributed by atoms with Gasteiger partial charge in [0.05, 0.1) is 12.7 Å². The molecule has 108 valence electrons. The average Bonchev–Trinajstić information content (AvgIpc) is 2.49. The molecule has 4 nitrogen and oxygen atoms in total. The highest BCUT2D eigenvalue weighted by molar-refractivity contribution is 9.10. The number of hydrogen-bond acceptors (Lipinski definition) is 4. The van der Waals surface area contributed by atoms with Crippen LogP contribution in [0, 0.1) is 11.3 Å². The fourth-order valence-electron chi connectivity index (χ4n) is 2.41. The molecule has 1 fully saturated rings. The first-order valence-corrected chi connectivity index (χ1v) is 7.66. The Hall–Kier alpha value is -1.25. The number of benzene rings is 1. The van der Waals surface area contributed by atoms with E-state index in [9.17, 15) is 5.26 Å². The average molecular weight is 339 g/mol. The number of hydrogen-bond donors (Lipinski definition) is 0. The van der Waals surface area contributed by atoms with Crippen LogP contribution in [0.15, 0.2) is 16.6 Å². The van der Waals surface area contributed by atoms with Crippen LogP contribution in [0.25, 0.3) is 0 Å². The fourth-order valence-corrected chi connectivity index (χ4v) is 2.85. The predicted molar refractivity (Wildman–Crippen MR) is 81.2 cm³/mol. The van der Waals surface area contributed by atoms with Crippen molar-refractivity contribution in [1.29, 1.82) is 5.26 Å². The zero-order valence-electron chi connectivity index (χ0n) is 11.7. The second-order valence-corrected chi connectivity index (χ2v) is 5.76. The molecule has 0 aromatic heterocycles. The lowest BCUT2D eigenvalue weighted by Gasteiger charge is -2.26. The highest BCUT2D eigenvalue weighted by Crippen LogP contribution is 2.34. The van der Waals surface area contributed by atoms with Gasteiger partial charge in [-0.3, -0.25) is 4.90 Å². The second-order valence-electron chi connectivity index (χ2n) is 4.85. The summed E-state index contributed by atoms with van der Waals surface area (Å²) in [6.07, 6.45) is 3.87. The molecule has 1 saturated heterocycles. The molecule has 1 aliphatic rings. The summed E-state index contributed by atoms with van der Waals surface area (Å²) in [4.78, 5) is 2.40. The first-order valence-electron chi connectivity index (χ1n) is 6.87. The zero-order chi connectivity index (χ0) is 14.4. The summed E-state index contributed by atoms with van der Waals surface area (Å²) >= 11 is 3.36. The van der Waals surface area contributed by atoms with Gasteiger partial charge in [0.15, 0.2) is 11.5 Å². The lowest BCUT2D eigenvalue weighted by atomic mass is 10.1. The Kier molecular flexibility index (Phi) is 5.69. The van der Waals surface area contributed by atoms with Gasteiger partial charge in [0, 0.05) is 11.0 Å². The van der Waals surface area contributed by atoms with Crippen molar-refractivity contribution in [2.45, 2.75) is 19.3 Å². The topological polar surface area (TPSA) is 45.5 Å². The monoisotopic (exact) mass is 338 g/mol. The van der Waals surface area contributed by atoms with Crippen molar-refractivity contribution in [3.05, 3.63) is 22.2 Å². The summed E-state index contributed by atoms with van der Waals surface area (Å²) in [5.41, 5.74) is 0.495. The Bertz CT molecular complexity index is 493. The Morgan fingerprint density at radius 2 is 2.05 bits per heavy atom. The minimum Gasteiger partial charge on any atom is -0.493 e. The van der Waals surface area contributed by atoms with Crippen LogP contribution in [0.3, 0.4) is 0 Å². The molecule has 0 radical (unpaired) electrons. The summed E-state index contributed by atoms with van der Waals surface area (Å²) in [7, 11) is 1.58. The number of likely N-dealkylation sites (tertiary alicyclic amines) is 1. The molecule has 5 heteroatoms. The van der Waals surface area contributed by atoms with Gasteiger partial charge in [-0.15, -0.1) is 0 Å². The van der Waals surface area contributed by atoms with Gasteiger partial charge in [-0.05, 0) is 38.1 Å². The summed E-state index contributed by atoms with van der Waals surface area (Å²) in [6, 6.07) is 5.72.